The summed E-state index contributed by atoms with van der Waals surface area (Å²) < 4.78 is 41.7. The van der Waals surface area contributed by atoms with Crippen molar-refractivity contribution in [3.8, 4) is 24.1 Å². The molecule has 9 amide bonds. The minimum Gasteiger partial charge on any atom is -1.00 e. The number of anilines is 6. The Morgan fingerprint density at radius 3 is 1.18 bits per heavy atom. The van der Waals surface area contributed by atoms with Gasteiger partial charge in [0.05, 0.1) is 50.6 Å². The van der Waals surface area contributed by atoms with E-state index in [4.69, 9.17) is 43.9 Å². The van der Waals surface area contributed by atoms with E-state index in [1.807, 2.05) is 99.5 Å². The fourth-order valence-electron chi connectivity index (χ4n) is 15.3. The quantitative estimate of drug-likeness (QED) is 0.0598. The maximum Gasteiger partial charge on any atom is 0.328 e. The highest BCUT2D eigenvalue weighted by atomic mass is 32.2. The number of urea groups is 3. The number of ether oxygens (including phenoxy) is 5. The summed E-state index contributed by atoms with van der Waals surface area (Å²) in [7, 11) is 13.4. The summed E-state index contributed by atoms with van der Waals surface area (Å²) in [6, 6.07) is 15.6. The largest absolute Gasteiger partial charge is 1.00 e. The van der Waals surface area contributed by atoms with Gasteiger partial charge in [-0.25, -0.2) is 43.7 Å². The number of piperazine rings is 3. The number of carbonyl (C=O) groups is 6. The Balaban J connectivity index is 0.000000200. The number of hydrogen-bond acceptors (Lipinski definition) is 25. The predicted molar refractivity (Wildman–Crippen MR) is 445 cm³/mol. The average Bonchev–Trinajstić information content (AvgIpc) is 0.983. The molecule has 2 atom stereocenters. The maximum atomic E-state index is 14.0. The molecule has 14 heterocycles. The summed E-state index contributed by atoms with van der Waals surface area (Å²) in [5.74, 6) is 7.76. The maximum absolute atomic E-state index is 14.0. The van der Waals surface area contributed by atoms with Crippen LogP contribution in [0, 0.1) is 51.6 Å². The van der Waals surface area contributed by atoms with E-state index in [0.29, 0.717) is 161 Å². The molecule has 0 aliphatic carbocycles. The Morgan fingerprint density at radius 2 is 0.846 bits per heavy atom. The van der Waals surface area contributed by atoms with Crippen LogP contribution in [0.2, 0.25) is 0 Å². The van der Waals surface area contributed by atoms with Gasteiger partial charge in [-0.15, -0.1) is 0 Å². The zero-order valence-corrected chi connectivity index (χ0v) is 67.9. The first-order valence-corrected chi connectivity index (χ1v) is 40.9. The molecule has 0 bridgehead atoms. The van der Waals surface area contributed by atoms with Crippen LogP contribution in [0.25, 0.3) is 0 Å². The number of rotatable bonds is 20. The number of carbonyl (C=O) groups excluding carboxylic acids is 6. The number of methoxy groups -OCH3 is 5. The van der Waals surface area contributed by atoms with Gasteiger partial charge in [-0.2, -0.15) is 44.3 Å². The van der Waals surface area contributed by atoms with E-state index in [2.05, 4.69) is 43.0 Å². The lowest BCUT2D eigenvalue weighted by Gasteiger charge is -2.34. The van der Waals surface area contributed by atoms with E-state index in [1.54, 1.807) is 54.5 Å². The molecule has 0 saturated carbocycles. The SMILES string of the molecule is C.C.COC(OC)c1nc2c(cc1CN1CCN(C)CC1=O)CCCN2C(=O)Nc1cc(CC2CCSC2)c(C#N)cn1.COC(OC)c1nc2c(cc1CN1CCN(C)CC1=O)CCCN2C(=O)Nc1cc(F)c(C#N)cn1.COc1nc2c(cc1CN1CCN(C)CC1=O)CCCN2C(=O)Nc1cc(CC2CCSC2)c(C#N)cn1.[2H-]. The summed E-state index contributed by atoms with van der Waals surface area (Å²) in [4.78, 5) is 121. The van der Waals surface area contributed by atoms with Crippen LogP contribution in [0.4, 0.5) is 53.7 Å². The van der Waals surface area contributed by atoms with Crippen molar-refractivity contribution in [1.29, 1.82) is 15.8 Å². The molecule has 0 radical (unpaired) electrons. The van der Waals surface area contributed by atoms with Gasteiger partial charge < -0.3 is 39.8 Å². The highest BCUT2D eigenvalue weighted by Crippen LogP contribution is 2.38. The number of nitrogens with one attached hydrogen (secondary N) is 3. The third-order valence-corrected chi connectivity index (χ3v) is 24.0. The normalized spacial score (nSPS) is 18.2. The number of thioether (sulfide) groups is 2. The average molecular weight is 1650 g/mol. The van der Waals surface area contributed by atoms with Crippen molar-refractivity contribution in [2.24, 2.45) is 11.8 Å². The van der Waals surface area contributed by atoms with Gasteiger partial charge >= 0.3 is 18.1 Å². The van der Waals surface area contributed by atoms with E-state index in [0.717, 1.165) is 151 Å². The number of pyridine rings is 6. The zero-order chi connectivity index (χ0) is 81.4. The van der Waals surface area contributed by atoms with E-state index in [1.165, 1.54) is 19.1 Å². The summed E-state index contributed by atoms with van der Waals surface area (Å²) in [6.45, 7) is 8.00. The predicted octanol–water partition coefficient (Wildman–Crippen LogP) is 9.53. The minimum atomic E-state index is -0.797. The number of amides is 9. The second-order valence-corrected chi connectivity index (χ2v) is 32.0. The van der Waals surface area contributed by atoms with Crippen molar-refractivity contribution in [3.05, 3.63) is 133 Å². The molecular weight excluding hydrogens is 1540 g/mol. The lowest BCUT2D eigenvalue weighted by Crippen LogP contribution is -2.48. The molecule has 6 aromatic heterocycles. The Bertz CT molecular complexity index is 4710. The summed E-state index contributed by atoms with van der Waals surface area (Å²) >= 11 is 3.88. The van der Waals surface area contributed by atoms with Gasteiger partial charge in [0.25, 0.3) is 0 Å². The fraction of sp³-hybridized carbons (Fsp3) is 0.524. The smallest absolute Gasteiger partial charge is 0.328 e. The van der Waals surface area contributed by atoms with Gasteiger partial charge in [-0.05, 0) is 189 Å². The van der Waals surface area contributed by atoms with E-state index < -0.39 is 24.4 Å². The molecule has 32 nitrogen and oxygen atoms in total. The highest BCUT2D eigenvalue weighted by molar-refractivity contribution is 7.99. The number of aromatic nitrogens is 6. The number of nitrogens with zero attached hydrogens (tertiary/aromatic N) is 18. The van der Waals surface area contributed by atoms with E-state index in [9.17, 15) is 43.7 Å². The molecule has 117 heavy (non-hydrogen) atoms. The highest BCUT2D eigenvalue weighted by Gasteiger charge is 2.36. The van der Waals surface area contributed by atoms with Gasteiger partial charge in [0.15, 0.2) is 0 Å². The second kappa shape index (κ2) is 41.7. The van der Waals surface area contributed by atoms with Crippen molar-refractivity contribution < 1.29 is 58.3 Å². The Kier molecular flexibility index (Phi) is 31.8. The Hall–Kier alpha value is -10.3. The molecular formula is C82H107FN21O11S2-. The molecule has 0 spiro atoms. The number of halogens is 1. The van der Waals surface area contributed by atoms with E-state index in [-0.39, 0.29) is 57.4 Å². The first-order chi connectivity index (χ1) is 55.7. The molecule has 14 rings (SSSR count). The lowest BCUT2D eigenvalue weighted by molar-refractivity contribution is -0.137. The summed E-state index contributed by atoms with van der Waals surface area (Å²) in [5.41, 5.74) is 8.98. The van der Waals surface area contributed by atoms with Crippen molar-refractivity contribution in [2.45, 2.75) is 111 Å². The van der Waals surface area contributed by atoms with Crippen LogP contribution < -0.4 is 35.4 Å². The Labute approximate surface area is 693 Å². The monoisotopic (exact) mass is 1650 g/mol. The van der Waals surface area contributed by atoms with Crippen molar-refractivity contribution in [2.75, 3.05) is 189 Å². The number of fused-ring (bicyclic) bond motifs is 3. The van der Waals surface area contributed by atoms with Crippen LogP contribution in [-0.2, 0) is 85.1 Å². The molecule has 35 heteroatoms. The molecule has 8 aliphatic heterocycles. The standard InChI is InChI=1S/C29H37N7O4S.C27H33N7O3S.C24H28FN7O4.2CH4.H/c1-34-8-9-35(25(37)17-34)16-22-12-20-5-4-7-36(27(20)33-26(22)28(39-2)40-3)29(38)32-24-13-21(23(14-30)15-31-24)11-19-6-10-41-18-19;1-32-7-8-33(24(35)16-32)15-21-11-19-4-3-6-34(25(19)31-26(21)37-2)27(36)30-23-12-20(22(13-28)14-29-23)10-18-5-9-38-17-18;1-30-7-8-31(20(33)14-30)13-16-9-15-5-4-6-32(22(15)29-21(16)23(35-2)36-3)24(34)28-19-10-18(25)17(11-26)12-27-19;;;/h12-13,15,19,28H,4-11,16-18H2,1-3H3,(H,31,32,38);11-12,14,18H,3-10,15-17H2,1-2H3,(H,29,30,36);9-10,12,23H,4-8,13-14H2,1-3H3,(H,27,28,34);2*1H4;/q;;;;;-1/i;;;;;1+1. The first-order valence-electron chi connectivity index (χ1n) is 38.6. The number of aryl methyl sites for hydroxylation is 3. The van der Waals surface area contributed by atoms with Crippen molar-refractivity contribution >= 4 is 94.2 Å². The molecule has 6 aromatic rings. The number of likely N-dealkylation sites (N-methyl/N-ethyl adjacent to an activating group) is 3. The summed E-state index contributed by atoms with van der Waals surface area (Å²) in [5, 5.41) is 36.5. The fourth-order valence-corrected chi connectivity index (χ4v) is 17.9. The van der Waals surface area contributed by atoms with Crippen LogP contribution in [0.1, 0.15) is 134 Å². The first kappa shape index (κ1) is 89.1. The molecule has 8 aliphatic rings. The zero-order valence-electron chi connectivity index (χ0n) is 67.2. The molecule has 3 N–H and O–H groups in total. The summed E-state index contributed by atoms with van der Waals surface area (Å²) in [6.07, 6.45) is 11.0. The Morgan fingerprint density at radius 1 is 0.496 bits per heavy atom. The van der Waals surface area contributed by atoms with Crippen LogP contribution in [0.5, 0.6) is 5.88 Å². The molecule has 5 fully saturated rings. The third kappa shape index (κ3) is 21.9. The van der Waals surface area contributed by atoms with Crippen LogP contribution in [-0.4, -0.2) is 253 Å². The van der Waals surface area contributed by atoms with Crippen LogP contribution >= 0.6 is 23.5 Å². The van der Waals surface area contributed by atoms with Crippen LogP contribution in [0.15, 0.2) is 55.0 Å². The topological polar surface area (TPSA) is 363 Å². The van der Waals surface area contributed by atoms with Gasteiger partial charge in [0, 0.05) is 124 Å². The third-order valence-electron chi connectivity index (χ3n) is 21.6. The van der Waals surface area contributed by atoms with Crippen LogP contribution in [0.3, 0.4) is 0 Å². The second-order valence-electron chi connectivity index (χ2n) is 29.7. The van der Waals surface area contributed by atoms with Crippen molar-refractivity contribution in [3.63, 3.8) is 0 Å². The van der Waals surface area contributed by atoms with Gasteiger partial charge in [0.2, 0.25) is 36.2 Å². The van der Waals surface area contributed by atoms with Crippen molar-refractivity contribution in [1.82, 2.24) is 59.3 Å². The van der Waals surface area contributed by atoms with E-state index >= 15 is 0 Å². The molecule has 0 aromatic carbocycles. The lowest BCUT2D eigenvalue weighted by atomic mass is 9.96. The number of nitriles is 3. The number of hydrogen-bond donors (Lipinski definition) is 3. The molecule has 626 valence electrons. The van der Waals surface area contributed by atoms with Gasteiger partial charge in [-0.3, -0.25) is 59.7 Å². The molecule has 5 saturated heterocycles. The van der Waals surface area contributed by atoms with Gasteiger partial charge in [-0.1, -0.05) is 14.9 Å². The van der Waals surface area contributed by atoms with Gasteiger partial charge in [0.1, 0.15) is 75.9 Å². The molecule has 2 unspecified atom stereocenters. The minimum absolute atomic E-state index is 0.